The molecule has 38 heavy (non-hydrogen) atoms. The Morgan fingerprint density at radius 3 is 2.37 bits per heavy atom. The maximum absolute atomic E-state index is 12.6. The van der Waals surface area contributed by atoms with Gasteiger partial charge in [-0.15, -0.1) is 0 Å². The summed E-state index contributed by atoms with van der Waals surface area (Å²) in [5.41, 5.74) is 7.56. The first kappa shape index (κ1) is 26.3. The lowest BCUT2D eigenvalue weighted by Crippen LogP contribution is -2.21. The summed E-state index contributed by atoms with van der Waals surface area (Å²) in [5.74, 6) is -2.42. The van der Waals surface area contributed by atoms with Gasteiger partial charge in [-0.3, -0.25) is 14.9 Å². The van der Waals surface area contributed by atoms with Gasteiger partial charge in [-0.2, -0.15) is 18.3 Å². The third-order valence-electron chi connectivity index (χ3n) is 5.80. The lowest BCUT2D eigenvalue weighted by atomic mass is 9.96. The molecule has 0 fully saturated rings. The van der Waals surface area contributed by atoms with E-state index in [4.69, 9.17) is 9.90 Å². The van der Waals surface area contributed by atoms with Crippen molar-refractivity contribution in [2.75, 3.05) is 5.32 Å². The topological polar surface area (TPSA) is 108 Å². The number of fused-ring (bicyclic) bond motifs is 2. The van der Waals surface area contributed by atoms with Crippen LogP contribution in [0.2, 0.25) is 0 Å². The minimum absolute atomic E-state index is 0.0680. The summed E-state index contributed by atoms with van der Waals surface area (Å²) in [6, 6.07) is 16.2. The van der Waals surface area contributed by atoms with Crippen LogP contribution < -0.4 is 5.32 Å². The number of hydrogen-bond donors (Lipinski definition) is 3. The standard InChI is InChI=1S/C26H22N4O.C2HF3O2/c1-16(2)19-5-8-23-21(15-19)22(26(31)28-23)13-18-3-6-20-24(29-30-25(20)14-18)7-4-17-9-11-27-12-10-17;3-2(4,5)1(6)7/h3-16H,1-2H3,(H,28,31)(H,29,30);(H,6,7)/b7-4+,22-13+;. The highest BCUT2D eigenvalue weighted by Crippen LogP contribution is 2.35. The fourth-order valence-electron chi connectivity index (χ4n) is 3.80. The molecular formula is C28H23F3N4O3. The van der Waals surface area contributed by atoms with Crippen molar-refractivity contribution in [3.63, 3.8) is 0 Å². The average Bonchev–Trinajstić information content (AvgIpc) is 3.42. The molecule has 5 rings (SSSR count). The molecule has 0 saturated heterocycles. The van der Waals surface area contributed by atoms with Crippen LogP contribution in [0.5, 0.6) is 0 Å². The second-order valence-corrected chi connectivity index (χ2v) is 8.80. The number of hydrogen-bond acceptors (Lipinski definition) is 4. The molecule has 0 aliphatic carbocycles. The van der Waals surface area contributed by atoms with Crippen LogP contribution in [0.4, 0.5) is 18.9 Å². The Morgan fingerprint density at radius 2 is 1.71 bits per heavy atom. The number of rotatable bonds is 4. The molecule has 7 nitrogen and oxygen atoms in total. The summed E-state index contributed by atoms with van der Waals surface area (Å²) in [6.45, 7) is 4.31. The number of aromatic nitrogens is 3. The fourth-order valence-corrected chi connectivity index (χ4v) is 3.80. The number of amides is 1. The minimum atomic E-state index is -5.08. The maximum Gasteiger partial charge on any atom is 0.490 e. The van der Waals surface area contributed by atoms with Crippen LogP contribution >= 0.6 is 0 Å². The van der Waals surface area contributed by atoms with Crippen molar-refractivity contribution in [1.29, 1.82) is 0 Å². The Bertz CT molecular complexity index is 1550. The smallest absolute Gasteiger partial charge is 0.475 e. The lowest BCUT2D eigenvalue weighted by Gasteiger charge is -2.07. The van der Waals surface area contributed by atoms with Crippen LogP contribution in [0.3, 0.4) is 0 Å². The molecule has 2 aromatic heterocycles. The third kappa shape index (κ3) is 5.97. The quantitative estimate of drug-likeness (QED) is 0.271. The largest absolute Gasteiger partial charge is 0.490 e. The molecular weight excluding hydrogens is 497 g/mol. The number of aromatic amines is 1. The van der Waals surface area contributed by atoms with Crippen molar-refractivity contribution < 1.29 is 27.9 Å². The number of alkyl halides is 3. The number of nitrogens with one attached hydrogen (secondary N) is 2. The van der Waals surface area contributed by atoms with Crippen molar-refractivity contribution in [1.82, 2.24) is 15.2 Å². The molecule has 4 aromatic rings. The van der Waals surface area contributed by atoms with Gasteiger partial charge in [-0.1, -0.05) is 32.1 Å². The first-order valence-electron chi connectivity index (χ1n) is 11.6. The predicted molar refractivity (Wildman–Crippen MR) is 140 cm³/mol. The van der Waals surface area contributed by atoms with Crippen LogP contribution in [-0.4, -0.2) is 38.3 Å². The molecule has 194 valence electrons. The van der Waals surface area contributed by atoms with Crippen LogP contribution in [0.25, 0.3) is 34.7 Å². The zero-order valence-corrected chi connectivity index (χ0v) is 20.4. The molecule has 0 atom stereocenters. The molecule has 1 amide bonds. The minimum Gasteiger partial charge on any atom is -0.475 e. The van der Waals surface area contributed by atoms with Crippen molar-refractivity contribution in [3.8, 4) is 0 Å². The van der Waals surface area contributed by atoms with Gasteiger partial charge in [0.2, 0.25) is 0 Å². The van der Waals surface area contributed by atoms with E-state index in [2.05, 4.69) is 46.5 Å². The molecule has 0 bridgehead atoms. The van der Waals surface area contributed by atoms with Gasteiger partial charge in [0.05, 0.1) is 11.2 Å². The Hall–Kier alpha value is -4.73. The van der Waals surface area contributed by atoms with Crippen molar-refractivity contribution in [2.45, 2.75) is 25.9 Å². The molecule has 0 unspecified atom stereocenters. The highest BCUT2D eigenvalue weighted by atomic mass is 19.4. The lowest BCUT2D eigenvalue weighted by molar-refractivity contribution is -0.192. The van der Waals surface area contributed by atoms with Gasteiger partial charge in [0.25, 0.3) is 5.91 Å². The monoisotopic (exact) mass is 520 g/mol. The van der Waals surface area contributed by atoms with E-state index in [1.165, 1.54) is 5.56 Å². The Labute approximate surface area is 215 Å². The number of halogens is 3. The number of carboxylic acid groups (broad SMARTS) is 1. The van der Waals surface area contributed by atoms with Gasteiger partial charge in [-0.25, -0.2) is 4.79 Å². The van der Waals surface area contributed by atoms with Crippen LogP contribution in [0.1, 0.15) is 47.7 Å². The summed E-state index contributed by atoms with van der Waals surface area (Å²) in [5, 5.41) is 18.7. The summed E-state index contributed by atoms with van der Waals surface area (Å²) >= 11 is 0. The number of H-pyrrole nitrogens is 1. The van der Waals surface area contributed by atoms with Gasteiger partial charge in [0.1, 0.15) is 0 Å². The molecule has 2 aromatic carbocycles. The summed E-state index contributed by atoms with van der Waals surface area (Å²) in [7, 11) is 0. The summed E-state index contributed by atoms with van der Waals surface area (Å²) in [6.07, 6.45) is 4.39. The van der Waals surface area contributed by atoms with Crippen LogP contribution in [0.15, 0.2) is 60.9 Å². The number of carbonyl (C=O) groups is 2. The SMILES string of the molecule is CC(C)c1ccc2c(c1)/C(=C\c1ccc3c(/C=C/c4ccncc4)n[nH]c3c1)C(=O)N2.O=C(O)C(F)(F)F. The number of nitrogens with zero attached hydrogens (tertiary/aromatic N) is 2. The van der Waals surface area contributed by atoms with Gasteiger partial charge >= 0.3 is 12.1 Å². The second-order valence-electron chi connectivity index (χ2n) is 8.80. The molecule has 1 aliphatic heterocycles. The number of carbonyl (C=O) groups excluding carboxylic acids is 1. The molecule has 0 spiro atoms. The predicted octanol–water partition coefficient (Wildman–Crippen LogP) is 6.38. The van der Waals surface area contributed by atoms with E-state index in [1.54, 1.807) is 12.4 Å². The van der Waals surface area contributed by atoms with E-state index in [0.29, 0.717) is 11.5 Å². The van der Waals surface area contributed by atoms with Crippen molar-refractivity contribution in [2.24, 2.45) is 0 Å². The van der Waals surface area contributed by atoms with Crippen molar-refractivity contribution in [3.05, 3.63) is 88.9 Å². The zero-order chi connectivity index (χ0) is 27.4. The number of aliphatic carboxylic acids is 1. The molecule has 3 heterocycles. The van der Waals surface area contributed by atoms with Crippen LogP contribution in [0, 0.1) is 0 Å². The second kappa shape index (κ2) is 10.7. The van der Waals surface area contributed by atoms with E-state index in [1.807, 2.05) is 54.6 Å². The fraction of sp³-hybridized carbons (Fsp3) is 0.143. The molecule has 0 saturated carbocycles. The number of carboxylic acids is 1. The maximum atomic E-state index is 12.6. The van der Waals surface area contributed by atoms with E-state index < -0.39 is 12.1 Å². The number of anilines is 1. The zero-order valence-electron chi connectivity index (χ0n) is 20.4. The highest BCUT2D eigenvalue weighted by molar-refractivity contribution is 6.35. The van der Waals surface area contributed by atoms with E-state index in [-0.39, 0.29) is 5.91 Å². The molecule has 3 N–H and O–H groups in total. The van der Waals surface area contributed by atoms with E-state index in [9.17, 15) is 18.0 Å². The highest BCUT2D eigenvalue weighted by Gasteiger charge is 2.38. The first-order chi connectivity index (χ1) is 18.0. The van der Waals surface area contributed by atoms with Gasteiger partial charge < -0.3 is 10.4 Å². The summed E-state index contributed by atoms with van der Waals surface area (Å²) in [4.78, 5) is 25.5. The Balaban J connectivity index is 0.000000426. The Morgan fingerprint density at radius 1 is 1.00 bits per heavy atom. The van der Waals surface area contributed by atoms with Crippen LogP contribution in [-0.2, 0) is 9.59 Å². The number of pyridine rings is 1. The third-order valence-corrected chi connectivity index (χ3v) is 5.80. The van der Waals surface area contributed by atoms with E-state index in [0.717, 1.165) is 39.0 Å². The molecule has 10 heteroatoms. The summed E-state index contributed by atoms with van der Waals surface area (Å²) < 4.78 is 31.7. The van der Waals surface area contributed by atoms with Crippen molar-refractivity contribution >= 4 is 52.3 Å². The van der Waals surface area contributed by atoms with Gasteiger partial charge in [-0.05, 0) is 71.2 Å². The molecule has 1 aliphatic rings. The number of benzene rings is 2. The molecule has 0 radical (unpaired) electrons. The van der Waals surface area contributed by atoms with E-state index >= 15 is 0 Å². The van der Waals surface area contributed by atoms with Gasteiger partial charge in [0.15, 0.2) is 0 Å². The Kier molecular flexibility index (Phi) is 7.43. The van der Waals surface area contributed by atoms with Gasteiger partial charge in [0, 0.05) is 34.6 Å². The average molecular weight is 521 g/mol. The first-order valence-corrected chi connectivity index (χ1v) is 11.6. The normalized spacial score (nSPS) is 14.1.